The Morgan fingerprint density at radius 2 is 2.12 bits per heavy atom. The molecule has 0 saturated heterocycles. The molecule has 0 amide bonds. The average molecular weight is 374 g/mol. The van der Waals surface area contributed by atoms with E-state index < -0.39 is 0 Å². The van der Waals surface area contributed by atoms with Crippen LogP contribution < -0.4 is 4.74 Å². The van der Waals surface area contributed by atoms with E-state index in [2.05, 4.69) is 10.2 Å². The maximum absolute atomic E-state index is 11.0. The molecule has 1 aromatic heterocycles. The second kappa shape index (κ2) is 7.72. The Hall–Kier alpha value is -2.31. The number of halogens is 1. The number of benzene rings is 2. The van der Waals surface area contributed by atoms with Crippen LogP contribution in [0.3, 0.4) is 0 Å². The second-order valence-electron chi connectivity index (χ2n) is 5.39. The summed E-state index contributed by atoms with van der Waals surface area (Å²) in [4.78, 5) is 11.0. The van der Waals surface area contributed by atoms with Gasteiger partial charge in [0.15, 0.2) is 5.16 Å². The van der Waals surface area contributed by atoms with Crippen LogP contribution in [0.2, 0.25) is 5.02 Å². The lowest BCUT2D eigenvalue weighted by Crippen LogP contribution is -1.97. The minimum atomic E-state index is 0.600. The van der Waals surface area contributed by atoms with Gasteiger partial charge in [-0.3, -0.25) is 9.36 Å². The molecule has 25 heavy (non-hydrogen) atoms. The van der Waals surface area contributed by atoms with Crippen LogP contribution in [0.15, 0.2) is 47.9 Å². The van der Waals surface area contributed by atoms with Gasteiger partial charge in [-0.15, -0.1) is 10.2 Å². The van der Waals surface area contributed by atoms with Crippen molar-refractivity contribution in [3.8, 4) is 11.4 Å². The molecule has 0 radical (unpaired) electrons. The summed E-state index contributed by atoms with van der Waals surface area (Å²) >= 11 is 7.73. The van der Waals surface area contributed by atoms with Crippen LogP contribution in [0.5, 0.6) is 5.75 Å². The molecule has 0 saturated carbocycles. The van der Waals surface area contributed by atoms with Gasteiger partial charge in [-0.1, -0.05) is 29.4 Å². The van der Waals surface area contributed by atoms with E-state index in [1.807, 2.05) is 35.8 Å². The highest BCUT2D eigenvalue weighted by atomic mass is 35.5. The standard InChI is InChI=1S/C18H16ClN3O2S/c1-12-3-5-15(8-16(12)19)22-11-20-21-18(22)25-10-14-7-13(9-23)4-6-17(14)24-2/h3-9,11H,10H2,1-2H3. The summed E-state index contributed by atoms with van der Waals surface area (Å²) in [6.45, 7) is 1.96. The monoisotopic (exact) mass is 373 g/mol. The Bertz CT molecular complexity index is 911. The number of aryl methyl sites for hydroxylation is 1. The molecule has 5 nitrogen and oxygen atoms in total. The van der Waals surface area contributed by atoms with Crippen LogP contribution in [-0.2, 0) is 5.75 Å². The maximum Gasteiger partial charge on any atom is 0.195 e. The van der Waals surface area contributed by atoms with Crippen molar-refractivity contribution in [1.82, 2.24) is 14.8 Å². The average Bonchev–Trinajstić information content (AvgIpc) is 3.10. The predicted molar refractivity (Wildman–Crippen MR) is 99.0 cm³/mol. The first-order valence-corrected chi connectivity index (χ1v) is 8.90. The number of hydrogen-bond donors (Lipinski definition) is 0. The molecule has 0 atom stereocenters. The Morgan fingerprint density at radius 3 is 2.84 bits per heavy atom. The van der Waals surface area contributed by atoms with E-state index in [0.717, 1.165) is 34.0 Å². The highest BCUT2D eigenvalue weighted by Crippen LogP contribution is 2.29. The zero-order chi connectivity index (χ0) is 17.8. The highest BCUT2D eigenvalue weighted by Gasteiger charge is 2.11. The minimum Gasteiger partial charge on any atom is -0.496 e. The molecule has 0 aliphatic heterocycles. The van der Waals surface area contributed by atoms with Crippen LogP contribution >= 0.6 is 23.4 Å². The predicted octanol–water partition coefficient (Wildman–Crippen LogP) is 4.34. The van der Waals surface area contributed by atoms with Crippen LogP contribution in [-0.4, -0.2) is 28.2 Å². The molecule has 0 aliphatic rings. The second-order valence-corrected chi connectivity index (χ2v) is 6.74. The van der Waals surface area contributed by atoms with Crippen molar-refractivity contribution in [3.63, 3.8) is 0 Å². The number of aromatic nitrogens is 3. The third kappa shape index (κ3) is 3.86. The largest absolute Gasteiger partial charge is 0.496 e. The molecule has 0 aliphatic carbocycles. The lowest BCUT2D eigenvalue weighted by molar-refractivity contribution is 0.112. The topological polar surface area (TPSA) is 57.0 Å². The fourth-order valence-corrected chi connectivity index (χ4v) is 3.44. The Kier molecular flexibility index (Phi) is 5.40. The van der Waals surface area contributed by atoms with Gasteiger partial charge in [-0.25, -0.2) is 0 Å². The number of rotatable bonds is 6. The van der Waals surface area contributed by atoms with Crippen molar-refractivity contribution >= 4 is 29.6 Å². The first-order valence-electron chi connectivity index (χ1n) is 7.54. The van der Waals surface area contributed by atoms with Crippen molar-refractivity contribution in [1.29, 1.82) is 0 Å². The Labute approximate surface area is 155 Å². The quantitative estimate of drug-likeness (QED) is 0.475. The van der Waals surface area contributed by atoms with Crippen molar-refractivity contribution in [2.24, 2.45) is 0 Å². The van der Waals surface area contributed by atoms with E-state index in [4.69, 9.17) is 16.3 Å². The van der Waals surface area contributed by atoms with Crippen LogP contribution in [0.1, 0.15) is 21.5 Å². The van der Waals surface area contributed by atoms with Crippen molar-refractivity contribution < 1.29 is 9.53 Å². The normalized spacial score (nSPS) is 10.7. The molecule has 3 aromatic rings. The maximum atomic E-state index is 11.0. The third-order valence-corrected chi connectivity index (χ3v) is 5.15. The summed E-state index contributed by atoms with van der Waals surface area (Å²) in [7, 11) is 1.61. The zero-order valence-electron chi connectivity index (χ0n) is 13.8. The molecule has 1 heterocycles. The van der Waals surface area contributed by atoms with E-state index in [1.54, 1.807) is 25.6 Å². The summed E-state index contributed by atoms with van der Waals surface area (Å²) < 4.78 is 7.25. The van der Waals surface area contributed by atoms with E-state index in [9.17, 15) is 4.79 Å². The van der Waals surface area contributed by atoms with E-state index >= 15 is 0 Å². The number of hydrogen-bond acceptors (Lipinski definition) is 5. The van der Waals surface area contributed by atoms with Crippen molar-refractivity contribution in [2.75, 3.05) is 7.11 Å². The molecule has 0 bridgehead atoms. The number of carbonyl (C=O) groups is 1. The molecular formula is C18H16ClN3O2S. The van der Waals surface area contributed by atoms with Crippen LogP contribution in [0.4, 0.5) is 0 Å². The molecule has 7 heteroatoms. The van der Waals surface area contributed by atoms with Gasteiger partial charge < -0.3 is 4.74 Å². The van der Waals surface area contributed by atoms with E-state index in [1.165, 1.54) is 11.8 Å². The zero-order valence-corrected chi connectivity index (χ0v) is 15.3. The lowest BCUT2D eigenvalue weighted by Gasteiger charge is -2.10. The SMILES string of the molecule is COc1ccc(C=O)cc1CSc1nncn1-c1ccc(C)c(Cl)c1. The van der Waals surface area contributed by atoms with Gasteiger partial charge in [-0.05, 0) is 42.8 Å². The van der Waals surface area contributed by atoms with Gasteiger partial charge in [0, 0.05) is 21.9 Å². The Morgan fingerprint density at radius 1 is 1.28 bits per heavy atom. The molecular weight excluding hydrogens is 358 g/mol. The lowest BCUT2D eigenvalue weighted by atomic mass is 10.1. The molecule has 0 fully saturated rings. The number of ether oxygens (including phenoxy) is 1. The van der Waals surface area contributed by atoms with Crippen molar-refractivity contribution in [3.05, 3.63) is 64.4 Å². The van der Waals surface area contributed by atoms with Gasteiger partial charge in [0.1, 0.15) is 18.4 Å². The van der Waals surface area contributed by atoms with Gasteiger partial charge in [0.25, 0.3) is 0 Å². The molecule has 3 rings (SSSR count). The van der Waals surface area contributed by atoms with E-state index in [-0.39, 0.29) is 0 Å². The summed E-state index contributed by atoms with van der Waals surface area (Å²) in [5, 5.41) is 9.61. The first kappa shape index (κ1) is 17.5. The van der Waals surface area contributed by atoms with Gasteiger partial charge in [0.05, 0.1) is 12.8 Å². The van der Waals surface area contributed by atoms with Crippen LogP contribution in [0, 0.1) is 6.92 Å². The molecule has 2 aromatic carbocycles. The Balaban J connectivity index is 1.85. The molecule has 0 N–H and O–H groups in total. The molecule has 0 unspecified atom stereocenters. The summed E-state index contributed by atoms with van der Waals surface area (Å²) in [5.41, 5.74) is 3.46. The summed E-state index contributed by atoms with van der Waals surface area (Å²) in [6.07, 6.45) is 2.48. The van der Waals surface area contributed by atoms with Gasteiger partial charge >= 0.3 is 0 Å². The summed E-state index contributed by atoms with van der Waals surface area (Å²) in [5.74, 6) is 1.34. The third-order valence-electron chi connectivity index (χ3n) is 3.75. The molecule has 128 valence electrons. The summed E-state index contributed by atoms with van der Waals surface area (Å²) in [6, 6.07) is 11.2. The highest BCUT2D eigenvalue weighted by molar-refractivity contribution is 7.98. The van der Waals surface area contributed by atoms with E-state index in [0.29, 0.717) is 16.3 Å². The number of aldehydes is 1. The number of nitrogens with zero attached hydrogens (tertiary/aromatic N) is 3. The van der Waals surface area contributed by atoms with Gasteiger partial charge in [0.2, 0.25) is 0 Å². The fraction of sp³-hybridized carbons (Fsp3) is 0.167. The number of thioether (sulfide) groups is 1. The molecule has 0 spiro atoms. The van der Waals surface area contributed by atoms with Crippen LogP contribution in [0.25, 0.3) is 5.69 Å². The van der Waals surface area contributed by atoms with Crippen molar-refractivity contribution in [2.45, 2.75) is 17.8 Å². The first-order chi connectivity index (χ1) is 12.1. The fourth-order valence-electron chi connectivity index (χ4n) is 2.36. The number of carbonyl (C=O) groups excluding carboxylic acids is 1. The minimum absolute atomic E-state index is 0.600. The van der Waals surface area contributed by atoms with Gasteiger partial charge in [-0.2, -0.15) is 0 Å². The smallest absolute Gasteiger partial charge is 0.195 e. The number of methoxy groups -OCH3 is 1.